The molecule has 0 fully saturated rings. The summed E-state index contributed by atoms with van der Waals surface area (Å²) in [6, 6.07) is 0. The van der Waals surface area contributed by atoms with E-state index in [1.54, 1.807) is 5.43 Å². The van der Waals surface area contributed by atoms with Crippen LogP contribution in [-0.4, -0.2) is 5.23 Å². The summed E-state index contributed by atoms with van der Waals surface area (Å²) in [6.07, 6.45) is 1.40. The number of nitrogens with one attached hydrogen (secondary N) is 1. The Balaban J connectivity index is 3.90. The van der Waals surface area contributed by atoms with Crippen LogP contribution in [0.3, 0.4) is 0 Å². The summed E-state index contributed by atoms with van der Waals surface area (Å²) >= 11 is 0. The van der Waals surface area contributed by atoms with Gasteiger partial charge in [0.25, 0.3) is 0 Å². The Kier molecular flexibility index (Phi) is 3.11. The molecule has 9 heavy (non-hydrogen) atoms. The van der Waals surface area contributed by atoms with Gasteiger partial charge >= 0.3 is 0 Å². The molecule has 0 heterocycles. The molecule has 0 saturated heterocycles. The summed E-state index contributed by atoms with van der Waals surface area (Å²) in [6.45, 7) is 6.24. The van der Waals surface area contributed by atoms with E-state index in [2.05, 4.69) is 15.1 Å². The maximum absolute atomic E-state index is 7.86. The molecule has 0 atom stereocenters. The van der Waals surface area contributed by atoms with Crippen LogP contribution in [0.25, 0.3) is 15.4 Å². The van der Waals surface area contributed by atoms with Crippen LogP contribution in [0.1, 0.15) is 0 Å². The molecular formula is C2HN7. The number of hydrogen-bond acceptors (Lipinski definition) is 3. The smallest absolute Gasteiger partial charge is 0.220 e. The number of hydrazine groups is 1. The van der Waals surface area contributed by atoms with Crippen molar-refractivity contribution in [1.29, 1.82) is 5.26 Å². The van der Waals surface area contributed by atoms with Gasteiger partial charge in [0, 0.05) is 0 Å². The molecule has 0 aromatic rings. The van der Waals surface area contributed by atoms with Crippen molar-refractivity contribution in [2.75, 3.05) is 0 Å². The Bertz CT molecular complexity index is 198. The van der Waals surface area contributed by atoms with Crippen LogP contribution < -0.4 is 5.43 Å². The van der Waals surface area contributed by atoms with Gasteiger partial charge in [-0.05, 0) is 0 Å². The minimum atomic E-state index is 0.375. The van der Waals surface area contributed by atoms with Crippen molar-refractivity contribution in [1.82, 2.24) is 10.7 Å². The van der Waals surface area contributed by atoms with E-state index in [1.807, 2.05) is 0 Å². The molecule has 44 valence electrons. The van der Waals surface area contributed by atoms with Crippen molar-refractivity contribution in [3.05, 3.63) is 22.0 Å². The van der Waals surface area contributed by atoms with Gasteiger partial charge in [0.2, 0.25) is 6.19 Å². The Morgan fingerprint density at radius 1 is 1.89 bits per heavy atom. The first-order chi connectivity index (χ1) is 4.35. The molecular weight excluding hydrogens is 122 g/mol. The molecule has 0 aliphatic carbocycles. The van der Waals surface area contributed by atoms with E-state index in [0.717, 1.165) is 0 Å². The molecule has 0 spiro atoms. The third kappa shape index (κ3) is 2.57. The number of hydrogen-bond donors (Lipinski definition) is 1. The minimum absolute atomic E-state index is 0.375. The first-order valence-corrected chi connectivity index (χ1v) is 1.72. The lowest BCUT2D eigenvalue weighted by molar-refractivity contribution is 0.329. The molecule has 0 aliphatic heterocycles. The van der Waals surface area contributed by atoms with E-state index >= 15 is 0 Å². The van der Waals surface area contributed by atoms with E-state index in [-0.39, 0.29) is 0 Å². The van der Waals surface area contributed by atoms with E-state index in [0.29, 0.717) is 5.23 Å². The summed E-state index contributed by atoms with van der Waals surface area (Å²) in [5.41, 5.74) is 9.52. The van der Waals surface area contributed by atoms with Gasteiger partial charge in [-0.2, -0.15) is 10.2 Å². The van der Waals surface area contributed by atoms with Crippen LogP contribution in [0.5, 0.6) is 0 Å². The Morgan fingerprint density at radius 3 is 2.89 bits per heavy atom. The highest BCUT2D eigenvalue weighted by Crippen LogP contribution is 1.81. The van der Waals surface area contributed by atoms with Crippen LogP contribution in [0.2, 0.25) is 0 Å². The average Bonchev–Trinajstić information content (AvgIpc) is 1.88. The summed E-state index contributed by atoms with van der Waals surface area (Å²) in [4.78, 5) is 4.85. The van der Waals surface area contributed by atoms with Crippen LogP contribution in [-0.2, 0) is 0 Å². The molecule has 0 saturated carbocycles. The van der Waals surface area contributed by atoms with Gasteiger partial charge in [-0.3, -0.25) is 0 Å². The molecule has 0 aliphatic rings. The summed E-state index contributed by atoms with van der Waals surface area (Å²) < 4.78 is 0. The van der Waals surface area contributed by atoms with E-state index in [9.17, 15) is 0 Å². The van der Waals surface area contributed by atoms with Gasteiger partial charge in [0.1, 0.15) is 5.23 Å². The lowest BCUT2D eigenvalue weighted by Crippen LogP contribution is -2.20. The SMILES string of the molecule is [C-]#[N+]N(N=[N+]=[N-])NC#N. The summed E-state index contributed by atoms with van der Waals surface area (Å²) in [5, 5.41) is 11.0. The largest absolute Gasteiger partial charge is 0.322 e. The van der Waals surface area contributed by atoms with Crippen LogP contribution in [0.15, 0.2) is 5.22 Å². The predicted molar refractivity (Wildman–Crippen MR) is 26.3 cm³/mol. The van der Waals surface area contributed by atoms with Gasteiger partial charge in [-0.1, -0.05) is 0 Å². The number of azide groups is 1. The van der Waals surface area contributed by atoms with Crippen molar-refractivity contribution in [3.63, 3.8) is 0 Å². The zero-order valence-electron chi connectivity index (χ0n) is 4.18. The Morgan fingerprint density at radius 2 is 2.56 bits per heavy atom. The van der Waals surface area contributed by atoms with Gasteiger partial charge in [0.15, 0.2) is 0 Å². The molecule has 0 rings (SSSR count). The zero-order valence-corrected chi connectivity index (χ0v) is 4.18. The third-order valence-corrected chi connectivity index (χ3v) is 0.369. The maximum atomic E-state index is 7.86. The number of nitriles is 1. The second-order valence-corrected chi connectivity index (χ2v) is 0.792. The molecule has 0 bridgehead atoms. The number of rotatable bonds is 2. The minimum Gasteiger partial charge on any atom is -0.322 e. The molecule has 1 N–H and O–H groups in total. The summed E-state index contributed by atoms with van der Waals surface area (Å²) in [7, 11) is 0. The molecule has 0 radical (unpaired) electrons. The number of nitrogens with zero attached hydrogens (tertiary/aromatic N) is 6. The van der Waals surface area contributed by atoms with Gasteiger partial charge < -0.3 is 6.57 Å². The van der Waals surface area contributed by atoms with Gasteiger partial charge in [0.05, 0.1) is 5.22 Å². The second-order valence-electron chi connectivity index (χ2n) is 0.792. The molecule has 7 heteroatoms. The average molecular weight is 123 g/mol. The first kappa shape index (κ1) is 6.89. The van der Waals surface area contributed by atoms with Crippen molar-refractivity contribution in [2.24, 2.45) is 5.22 Å². The predicted octanol–water partition coefficient (Wildman–Crippen LogP) is 0.334. The lowest BCUT2D eigenvalue weighted by Gasteiger charge is -1.93. The highest BCUT2D eigenvalue weighted by atomic mass is 15.9. The fourth-order valence-electron chi connectivity index (χ4n) is 0.150. The fraction of sp³-hybridized carbons (Fsp3) is 0. The van der Waals surface area contributed by atoms with Crippen molar-refractivity contribution in [3.8, 4) is 6.19 Å². The molecule has 0 unspecified atom stereocenters. The van der Waals surface area contributed by atoms with Gasteiger partial charge in [-0.25, -0.2) is 4.95 Å². The third-order valence-electron chi connectivity index (χ3n) is 0.369. The van der Waals surface area contributed by atoms with Crippen LogP contribution in [0.4, 0.5) is 0 Å². The Hall–Kier alpha value is -2.11. The zero-order chi connectivity index (χ0) is 7.11. The maximum Gasteiger partial charge on any atom is 0.220 e. The lowest BCUT2D eigenvalue weighted by atomic mass is 11.4. The van der Waals surface area contributed by atoms with Crippen molar-refractivity contribution < 1.29 is 0 Å². The molecule has 0 aromatic carbocycles. The first-order valence-electron chi connectivity index (χ1n) is 1.72. The van der Waals surface area contributed by atoms with E-state index in [4.69, 9.17) is 17.4 Å². The van der Waals surface area contributed by atoms with Crippen molar-refractivity contribution >= 4 is 0 Å². The monoisotopic (exact) mass is 123 g/mol. The Labute approximate surface area is 50.5 Å². The fourth-order valence-corrected chi connectivity index (χ4v) is 0.150. The second kappa shape index (κ2) is 4.06. The van der Waals surface area contributed by atoms with Crippen LogP contribution in [0, 0.1) is 18.0 Å². The highest BCUT2D eigenvalue weighted by Gasteiger charge is 1.94. The highest BCUT2D eigenvalue weighted by molar-refractivity contribution is 4.63. The van der Waals surface area contributed by atoms with E-state index < -0.39 is 0 Å². The normalized spacial score (nSPS) is 5.56. The standard InChI is InChI=1S/C2HN7/c1-5-9(6-2-3)8-7-4/h6H. The van der Waals surface area contributed by atoms with Crippen LogP contribution >= 0.6 is 0 Å². The van der Waals surface area contributed by atoms with Crippen molar-refractivity contribution in [2.45, 2.75) is 0 Å². The topological polar surface area (TPSA) is 92.2 Å². The molecule has 7 nitrogen and oxygen atoms in total. The summed E-state index contributed by atoms with van der Waals surface area (Å²) in [5.74, 6) is 0. The quantitative estimate of drug-likeness (QED) is 0.109. The van der Waals surface area contributed by atoms with E-state index in [1.165, 1.54) is 6.19 Å². The molecule has 0 amide bonds. The van der Waals surface area contributed by atoms with Gasteiger partial charge in [-0.15, -0.1) is 11.0 Å². The molecule has 0 aromatic heterocycles.